The molecule has 5 nitrogen and oxygen atoms in total. The van der Waals surface area contributed by atoms with Gasteiger partial charge in [-0.15, -0.1) is 0 Å². The predicted octanol–water partition coefficient (Wildman–Crippen LogP) is 3.26. The zero-order valence-electron chi connectivity index (χ0n) is 12.0. The zero-order chi connectivity index (χ0) is 16.4. The van der Waals surface area contributed by atoms with Crippen molar-refractivity contribution in [1.82, 2.24) is 4.98 Å². The maximum atomic E-state index is 11.4. The maximum absolute atomic E-state index is 11.4. The van der Waals surface area contributed by atoms with E-state index in [4.69, 9.17) is 18.0 Å². The van der Waals surface area contributed by atoms with Crippen molar-refractivity contribution < 1.29 is 9.90 Å². The maximum Gasteiger partial charge on any atom is 0.339 e. The third kappa shape index (κ3) is 3.12. The summed E-state index contributed by atoms with van der Waals surface area (Å²) in [7, 11) is 0. The van der Waals surface area contributed by atoms with Crippen LogP contribution in [0.5, 0.6) is 0 Å². The first-order valence-electron chi connectivity index (χ1n) is 6.83. The van der Waals surface area contributed by atoms with Crippen LogP contribution in [0.15, 0.2) is 54.7 Å². The number of hydrogen-bond acceptors (Lipinski definition) is 3. The lowest BCUT2D eigenvalue weighted by atomic mass is 10.0. The molecule has 0 aliphatic rings. The fourth-order valence-electron chi connectivity index (χ4n) is 2.37. The van der Waals surface area contributed by atoms with Crippen molar-refractivity contribution in [2.24, 2.45) is 5.73 Å². The lowest BCUT2D eigenvalue weighted by Crippen LogP contribution is -2.21. The second-order valence-corrected chi connectivity index (χ2v) is 5.42. The van der Waals surface area contributed by atoms with Crippen LogP contribution in [-0.4, -0.2) is 21.2 Å². The van der Waals surface area contributed by atoms with Crippen LogP contribution in [0.25, 0.3) is 21.9 Å². The highest BCUT2D eigenvalue weighted by Crippen LogP contribution is 2.26. The summed E-state index contributed by atoms with van der Waals surface area (Å²) in [6, 6.07) is 15.4. The van der Waals surface area contributed by atoms with Gasteiger partial charge < -0.3 is 16.2 Å². The van der Waals surface area contributed by atoms with E-state index in [0.29, 0.717) is 5.56 Å². The molecule has 0 saturated carbocycles. The third-order valence-corrected chi connectivity index (χ3v) is 3.54. The van der Waals surface area contributed by atoms with E-state index in [1.54, 1.807) is 12.3 Å². The molecule has 0 aliphatic carbocycles. The highest BCUT2D eigenvalue weighted by Gasteiger charge is 2.14. The molecule has 2 aromatic carbocycles. The molecule has 0 spiro atoms. The third-order valence-electron chi connectivity index (χ3n) is 3.44. The van der Waals surface area contributed by atoms with Gasteiger partial charge in [-0.3, -0.25) is 0 Å². The van der Waals surface area contributed by atoms with E-state index < -0.39 is 5.97 Å². The monoisotopic (exact) mass is 323 g/mol. The van der Waals surface area contributed by atoms with Gasteiger partial charge >= 0.3 is 5.97 Å². The van der Waals surface area contributed by atoms with E-state index in [1.807, 2.05) is 42.5 Å². The average Bonchev–Trinajstić information content (AvgIpc) is 2.54. The molecular formula is C17H13N3O2S. The Hall–Kier alpha value is -2.99. The summed E-state index contributed by atoms with van der Waals surface area (Å²) in [5.74, 6) is -0.964. The minimum absolute atomic E-state index is 0.0171. The number of nitrogens with zero attached hydrogens (tertiary/aromatic N) is 1. The zero-order valence-corrected chi connectivity index (χ0v) is 12.8. The molecule has 0 aliphatic heterocycles. The molecule has 3 rings (SSSR count). The number of aromatic carboxylic acids is 1. The van der Waals surface area contributed by atoms with Gasteiger partial charge in [0, 0.05) is 11.8 Å². The summed E-state index contributed by atoms with van der Waals surface area (Å²) in [5, 5.41) is 14.1. The number of hydrogen-bond donors (Lipinski definition) is 3. The minimum atomic E-state index is -1.10. The Balaban J connectivity index is 2.09. The average molecular weight is 323 g/mol. The molecule has 0 amide bonds. The van der Waals surface area contributed by atoms with E-state index in [2.05, 4.69) is 10.3 Å². The SMILES string of the molecule is NC(=S)Nc1ncc(-c2ccc3ccccc3c2)cc1C(=O)O. The Labute approximate surface area is 137 Å². The Morgan fingerprint density at radius 1 is 1.09 bits per heavy atom. The van der Waals surface area contributed by atoms with E-state index in [0.717, 1.165) is 16.3 Å². The quantitative estimate of drug-likeness (QED) is 0.641. The summed E-state index contributed by atoms with van der Waals surface area (Å²) in [6.07, 6.45) is 1.59. The van der Waals surface area contributed by atoms with Crippen molar-refractivity contribution in [3.8, 4) is 11.1 Å². The van der Waals surface area contributed by atoms with E-state index in [-0.39, 0.29) is 16.5 Å². The molecule has 0 unspecified atom stereocenters. The Morgan fingerprint density at radius 3 is 2.52 bits per heavy atom. The molecule has 0 saturated heterocycles. The van der Waals surface area contributed by atoms with Crippen molar-refractivity contribution in [3.63, 3.8) is 0 Å². The molecule has 0 atom stereocenters. The van der Waals surface area contributed by atoms with Crippen LogP contribution in [0.4, 0.5) is 5.82 Å². The molecule has 0 bridgehead atoms. The van der Waals surface area contributed by atoms with Gasteiger partial charge in [-0.25, -0.2) is 9.78 Å². The molecule has 1 heterocycles. The summed E-state index contributed by atoms with van der Waals surface area (Å²) >= 11 is 4.74. The number of aromatic nitrogens is 1. The number of pyridine rings is 1. The number of anilines is 1. The first-order chi connectivity index (χ1) is 11.0. The molecule has 0 fully saturated rings. The van der Waals surface area contributed by atoms with Gasteiger partial charge in [0.15, 0.2) is 5.11 Å². The van der Waals surface area contributed by atoms with Crippen molar-refractivity contribution in [1.29, 1.82) is 0 Å². The Morgan fingerprint density at radius 2 is 1.83 bits per heavy atom. The molecular weight excluding hydrogens is 310 g/mol. The first kappa shape index (κ1) is 14.9. The van der Waals surface area contributed by atoms with Crippen LogP contribution in [0, 0.1) is 0 Å². The smallest absolute Gasteiger partial charge is 0.339 e. The van der Waals surface area contributed by atoms with Crippen LogP contribution >= 0.6 is 12.2 Å². The van der Waals surface area contributed by atoms with Crippen molar-refractivity contribution in [3.05, 3.63) is 60.3 Å². The molecule has 23 heavy (non-hydrogen) atoms. The van der Waals surface area contributed by atoms with Crippen molar-refractivity contribution >= 4 is 39.9 Å². The van der Waals surface area contributed by atoms with Crippen LogP contribution in [0.1, 0.15) is 10.4 Å². The summed E-state index contributed by atoms with van der Waals surface area (Å²) in [5.41, 5.74) is 7.01. The number of carboxylic acids is 1. The van der Waals surface area contributed by atoms with E-state index in [9.17, 15) is 9.90 Å². The van der Waals surface area contributed by atoms with Crippen molar-refractivity contribution in [2.75, 3.05) is 5.32 Å². The standard InChI is InChI=1S/C17H13N3O2S/c18-17(23)20-15-14(16(21)22)8-13(9-19-15)12-6-5-10-3-1-2-4-11(10)7-12/h1-9H,(H,21,22)(H3,18,19,20,23). The normalized spacial score (nSPS) is 10.4. The van der Waals surface area contributed by atoms with Gasteiger partial charge in [0.05, 0.1) is 0 Å². The summed E-state index contributed by atoms with van der Waals surface area (Å²) < 4.78 is 0. The number of rotatable bonds is 3. The van der Waals surface area contributed by atoms with Gasteiger partial charge in [-0.1, -0.05) is 36.4 Å². The molecule has 0 radical (unpaired) electrons. The second-order valence-electron chi connectivity index (χ2n) is 4.98. The second kappa shape index (κ2) is 6.02. The van der Waals surface area contributed by atoms with Gasteiger partial charge in [0.25, 0.3) is 0 Å². The fourth-order valence-corrected chi connectivity index (χ4v) is 2.47. The van der Waals surface area contributed by atoms with Crippen LogP contribution in [-0.2, 0) is 0 Å². The lowest BCUT2D eigenvalue weighted by molar-refractivity contribution is 0.0697. The number of carboxylic acid groups (broad SMARTS) is 1. The predicted molar refractivity (Wildman–Crippen MR) is 94.5 cm³/mol. The van der Waals surface area contributed by atoms with Gasteiger partial charge in [-0.05, 0) is 40.7 Å². The molecule has 1 aromatic heterocycles. The van der Waals surface area contributed by atoms with Crippen LogP contribution in [0.2, 0.25) is 0 Å². The van der Waals surface area contributed by atoms with E-state index in [1.165, 1.54) is 0 Å². The number of thiocarbonyl (C=S) groups is 1. The number of carbonyl (C=O) groups is 1. The molecule has 6 heteroatoms. The highest BCUT2D eigenvalue weighted by molar-refractivity contribution is 7.80. The number of nitrogens with two attached hydrogens (primary N) is 1. The molecule has 4 N–H and O–H groups in total. The van der Waals surface area contributed by atoms with Crippen molar-refractivity contribution in [2.45, 2.75) is 0 Å². The van der Waals surface area contributed by atoms with Gasteiger partial charge in [0.1, 0.15) is 11.4 Å². The molecule has 3 aromatic rings. The number of nitrogens with one attached hydrogen (secondary N) is 1. The Kier molecular flexibility index (Phi) is 3.91. The molecule has 114 valence electrons. The minimum Gasteiger partial charge on any atom is -0.478 e. The van der Waals surface area contributed by atoms with Crippen LogP contribution < -0.4 is 11.1 Å². The van der Waals surface area contributed by atoms with Crippen LogP contribution in [0.3, 0.4) is 0 Å². The summed E-state index contributed by atoms with van der Waals surface area (Å²) in [6.45, 7) is 0. The lowest BCUT2D eigenvalue weighted by Gasteiger charge is -2.10. The largest absolute Gasteiger partial charge is 0.478 e. The van der Waals surface area contributed by atoms with E-state index >= 15 is 0 Å². The number of benzene rings is 2. The topological polar surface area (TPSA) is 88.2 Å². The highest BCUT2D eigenvalue weighted by atomic mass is 32.1. The van der Waals surface area contributed by atoms with Gasteiger partial charge in [0.2, 0.25) is 0 Å². The first-order valence-corrected chi connectivity index (χ1v) is 7.24. The Bertz CT molecular complexity index is 925. The summed E-state index contributed by atoms with van der Waals surface area (Å²) in [4.78, 5) is 15.6. The fraction of sp³-hybridized carbons (Fsp3) is 0. The number of fused-ring (bicyclic) bond motifs is 1. The van der Waals surface area contributed by atoms with Gasteiger partial charge in [-0.2, -0.15) is 0 Å².